The van der Waals surface area contributed by atoms with Crippen LogP contribution in [0.1, 0.15) is 0 Å². The van der Waals surface area contributed by atoms with Gasteiger partial charge in [-0.25, -0.2) is 0 Å². The van der Waals surface area contributed by atoms with Crippen LogP contribution in [0.15, 0.2) is 0 Å². The first kappa shape index (κ1) is 38.7. The van der Waals surface area contributed by atoms with Crippen LogP contribution in [0.25, 0.3) is 0 Å². The maximum Gasteiger partial charge on any atom is 1.00 e. The van der Waals surface area contributed by atoms with E-state index in [1.807, 2.05) is 0 Å². The Morgan fingerprint density at radius 3 is 0.750 bits per heavy atom. The molecule has 4 heavy (non-hydrogen) atoms. The standard InChI is InChI=1S/Cs.3H2O/h;3*1H2/q+1;;;/p-1. The van der Waals surface area contributed by atoms with Gasteiger partial charge in [-0.05, 0) is 0 Å². The molecule has 0 radical (unpaired) electrons. The normalized spacial score (nSPS) is 0. The van der Waals surface area contributed by atoms with Gasteiger partial charge >= 0.3 is 68.9 Å². The molecule has 0 bridgehead atoms. The van der Waals surface area contributed by atoms with Gasteiger partial charge in [0, 0.05) is 0 Å². The third-order valence-corrected chi connectivity index (χ3v) is 0. The molecule has 0 aromatic carbocycles. The van der Waals surface area contributed by atoms with Crippen molar-refractivity contribution in [3.63, 3.8) is 0 Å². The number of hydrogen-bond donors (Lipinski definition) is 0. The van der Waals surface area contributed by atoms with Crippen LogP contribution in [0.3, 0.4) is 0 Å². The van der Waals surface area contributed by atoms with Gasteiger partial charge < -0.3 is 16.4 Å². The summed E-state index contributed by atoms with van der Waals surface area (Å²) in [6.45, 7) is 0. The molecule has 4 heteroatoms. The van der Waals surface area contributed by atoms with Crippen molar-refractivity contribution in [3.05, 3.63) is 0 Å². The van der Waals surface area contributed by atoms with Crippen molar-refractivity contribution < 1.29 is 85.3 Å². The molecule has 24 valence electrons. The van der Waals surface area contributed by atoms with E-state index >= 15 is 0 Å². The van der Waals surface area contributed by atoms with Crippen LogP contribution in [0.2, 0.25) is 0 Å². The fourth-order valence-electron chi connectivity index (χ4n) is 0. The average molecular weight is 186 g/mol. The minimum absolute atomic E-state index is 0. The molecule has 0 aromatic heterocycles. The van der Waals surface area contributed by atoms with Crippen LogP contribution in [-0.2, 0) is 0 Å². The van der Waals surface area contributed by atoms with E-state index in [2.05, 4.69) is 0 Å². The van der Waals surface area contributed by atoms with Crippen molar-refractivity contribution in [1.82, 2.24) is 0 Å². The van der Waals surface area contributed by atoms with E-state index in [0.29, 0.717) is 0 Å². The molecule has 0 spiro atoms. The minimum Gasteiger partial charge on any atom is -0.870 e. The van der Waals surface area contributed by atoms with Crippen molar-refractivity contribution >= 4 is 0 Å². The Labute approximate surface area is 83.1 Å². The summed E-state index contributed by atoms with van der Waals surface area (Å²) < 4.78 is 0. The topological polar surface area (TPSA) is 93.0 Å². The zero-order valence-corrected chi connectivity index (χ0v) is 8.73. The summed E-state index contributed by atoms with van der Waals surface area (Å²) in [7, 11) is 0. The molecule has 5 N–H and O–H groups in total. The van der Waals surface area contributed by atoms with Gasteiger partial charge in [-0.1, -0.05) is 0 Å². The molecular formula is H5CsO3. The smallest absolute Gasteiger partial charge is 0.870 e. The average Bonchev–Trinajstić information content (AvgIpc) is 0. The molecule has 0 amide bonds. The molecule has 3 nitrogen and oxygen atoms in total. The minimum atomic E-state index is 0. The molecule has 0 fully saturated rings. The molecule has 0 saturated heterocycles. The van der Waals surface area contributed by atoms with E-state index in [1.54, 1.807) is 0 Å². The van der Waals surface area contributed by atoms with Crippen molar-refractivity contribution in [1.29, 1.82) is 0 Å². The monoisotopic (exact) mass is 186 g/mol. The van der Waals surface area contributed by atoms with E-state index in [4.69, 9.17) is 0 Å². The summed E-state index contributed by atoms with van der Waals surface area (Å²) in [5.74, 6) is 0. The largest absolute Gasteiger partial charge is 1.00 e. The summed E-state index contributed by atoms with van der Waals surface area (Å²) >= 11 is 0. The van der Waals surface area contributed by atoms with Gasteiger partial charge in [0.25, 0.3) is 0 Å². The molecule has 0 rings (SSSR count). The Kier molecular flexibility index (Phi) is 197. The second-order valence-corrected chi connectivity index (χ2v) is 0. The fourth-order valence-corrected chi connectivity index (χ4v) is 0. The van der Waals surface area contributed by atoms with Gasteiger partial charge in [-0.3, -0.25) is 0 Å². The van der Waals surface area contributed by atoms with Crippen LogP contribution < -0.4 is 68.9 Å². The SMILES string of the molecule is O.O.[Cs+].[OH-]. The van der Waals surface area contributed by atoms with Crippen LogP contribution in [0.4, 0.5) is 0 Å². The van der Waals surface area contributed by atoms with Crippen molar-refractivity contribution in [2.75, 3.05) is 0 Å². The van der Waals surface area contributed by atoms with Crippen LogP contribution in [-0.4, -0.2) is 16.4 Å². The maximum absolute atomic E-state index is 0. The molecule has 0 unspecified atom stereocenters. The molecule has 0 aromatic rings. The van der Waals surface area contributed by atoms with E-state index in [9.17, 15) is 0 Å². The van der Waals surface area contributed by atoms with E-state index in [1.165, 1.54) is 0 Å². The zero-order valence-electron chi connectivity index (χ0n) is 2.45. The third-order valence-electron chi connectivity index (χ3n) is 0. The molecule has 0 atom stereocenters. The van der Waals surface area contributed by atoms with Crippen LogP contribution in [0.5, 0.6) is 0 Å². The predicted molar refractivity (Wildman–Crippen MR) is 9.16 cm³/mol. The summed E-state index contributed by atoms with van der Waals surface area (Å²) in [6, 6.07) is 0. The van der Waals surface area contributed by atoms with Gasteiger partial charge in [0.05, 0.1) is 0 Å². The van der Waals surface area contributed by atoms with E-state index in [-0.39, 0.29) is 85.3 Å². The second kappa shape index (κ2) is 20.4. The number of rotatable bonds is 0. The van der Waals surface area contributed by atoms with Gasteiger partial charge in [0.2, 0.25) is 0 Å². The summed E-state index contributed by atoms with van der Waals surface area (Å²) in [5, 5.41) is 0. The van der Waals surface area contributed by atoms with Crippen LogP contribution in [0, 0.1) is 0 Å². The van der Waals surface area contributed by atoms with Gasteiger partial charge in [-0.2, -0.15) is 0 Å². The van der Waals surface area contributed by atoms with E-state index < -0.39 is 0 Å². The Morgan fingerprint density at radius 1 is 0.750 bits per heavy atom. The molecular weight excluding hydrogens is 181 g/mol. The van der Waals surface area contributed by atoms with Crippen LogP contribution >= 0.6 is 0 Å². The molecule has 0 saturated carbocycles. The molecule has 0 aliphatic heterocycles. The summed E-state index contributed by atoms with van der Waals surface area (Å²) in [5.41, 5.74) is 0. The van der Waals surface area contributed by atoms with Gasteiger partial charge in [0.1, 0.15) is 0 Å². The summed E-state index contributed by atoms with van der Waals surface area (Å²) in [6.07, 6.45) is 0. The first-order valence-corrected chi connectivity index (χ1v) is 0. The third kappa shape index (κ3) is 9.06. The molecule has 0 heterocycles. The predicted octanol–water partition coefficient (Wildman–Crippen LogP) is -4.82. The Balaban J connectivity index is 0. The zero-order chi connectivity index (χ0) is 0. The first-order chi connectivity index (χ1) is 0. The maximum atomic E-state index is 0. The van der Waals surface area contributed by atoms with E-state index in [0.717, 1.165) is 0 Å². The Morgan fingerprint density at radius 2 is 0.750 bits per heavy atom. The van der Waals surface area contributed by atoms with Gasteiger partial charge in [0.15, 0.2) is 0 Å². The number of hydrogen-bond acceptors (Lipinski definition) is 1. The van der Waals surface area contributed by atoms with Crippen molar-refractivity contribution in [2.24, 2.45) is 0 Å². The summed E-state index contributed by atoms with van der Waals surface area (Å²) in [4.78, 5) is 0. The molecule has 0 aliphatic rings. The fraction of sp³-hybridized carbons (Fsp3) is 0. The van der Waals surface area contributed by atoms with Crippen molar-refractivity contribution in [2.45, 2.75) is 0 Å². The Hall–Kier alpha value is 1.93. The van der Waals surface area contributed by atoms with Gasteiger partial charge in [-0.15, -0.1) is 0 Å². The quantitative estimate of drug-likeness (QED) is 0.372. The van der Waals surface area contributed by atoms with Crippen molar-refractivity contribution in [3.8, 4) is 0 Å². The first-order valence-electron chi connectivity index (χ1n) is 0. The second-order valence-electron chi connectivity index (χ2n) is 0. The Bertz CT molecular complexity index is 3.25. The molecule has 0 aliphatic carbocycles.